The van der Waals surface area contributed by atoms with Crippen molar-refractivity contribution in [3.05, 3.63) is 89.7 Å². The van der Waals surface area contributed by atoms with Crippen molar-refractivity contribution in [3.63, 3.8) is 0 Å². The second-order valence-electron chi connectivity index (χ2n) is 7.99. The molecule has 0 atom stereocenters. The van der Waals surface area contributed by atoms with Crippen molar-refractivity contribution in [2.24, 2.45) is 0 Å². The number of pyridine rings is 1. The first-order valence-corrected chi connectivity index (χ1v) is 10.7. The molecule has 6 nitrogen and oxygen atoms in total. The number of aromatic nitrogens is 3. The molecule has 204 valence electrons. The number of alkyl halides is 9. The number of urea groups is 1. The van der Waals surface area contributed by atoms with Crippen LogP contribution in [-0.4, -0.2) is 20.8 Å². The smallest absolute Gasteiger partial charge is 0.308 e. The highest BCUT2D eigenvalue weighted by Gasteiger charge is 2.37. The molecule has 2 amide bonds. The Morgan fingerprint density at radius 2 is 1.31 bits per heavy atom. The van der Waals surface area contributed by atoms with Gasteiger partial charge in [0.2, 0.25) is 0 Å². The number of carbonyl (C=O) groups excluding carboxylic acids is 1. The summed E-state index contributed by atoms with van der Waals surface area (Å²) in [7, 11) is 0. The van der Waals surface area contributed by atoms with E-state index in [1.807, 2.05) is 5.32 Å². The Kier molecular flexibility index (Phi) is 7.02. The van der Waals surface area contributed by atoms with E-state index in [1.165, 1.54) is 18.5 Å². The molecule has 4 rings (SSSR count). The fourth-order valence-corrected chi connectivity index (χ4v) is 3.42. The Hall–Kier alpha value is -4.56. The van der Waals surface area contributed by atoms with E-state index in [0.29, 0.717) is 17.7 Å². The van der Waals surface area contributed by atoms with E-state index in [2.05, 4.69) is 15.4 Å². The zero-order chi connectivity index (χ0) is 28.6. The maximum absolute atomic E-state index is 13.1. The Balaban J connectivity index is 1.68. The van der Waals surface area contributed by atoms with Crippen molar-refractivity contribution in [1.82, 2.24) is 14.8 Å². The zero-order valence-electron chi connectivity index (χ0n) is 19.1. The van der Waals surface area contributed by atoms with Crippen LogP contribution in [0.25, 0.3) is 16.9 Å². The molecule has 2 heterocycles. The lowest BCUT2D eigenvalue weighted by Crippen LogP contribution is -2.22. The summed E-state index contributed by atoms with van der Waals surface area (Å²) in [4.78, 5) is 16.6. The molecule has 2 aromatic carbocycles. The van der Waals surface area contributed by atoms with Gasteiger partial charge in [0.25, 0.3) is 0 Å². The summed E-state index contributed by atoms with van der Waals surface area (Å²) < 4.78 is 119. The predicted molar refractivity (Wildman–Crippen MR) is 121 cm³/mol. The molecule has 0 aliphatic rings. The molecule has 0 saturated carbocycles. The molecule has 0 spiro atoms. The second-order valence-corrected chi connectivity index (χ2v) is 7.99. The normalized spacial score (nSPS) is 12.3. The van der Waals surface area contributed by atoms with Crippen molar-refractivity contribution < 1.29 is 44.3 Å². The van der Waals surface area contributed by atoms with Gasteiger partial charge in [0, 0.05) is 29.7 Å². The Labute approximate surface area is 213 Å². The molecular formula is C24H14F9N5O. The lowest BCUT2D eigenvalue weighted by Gasteiger charge is -2.15. The minimum absolute atomic E-state index is 0.0619. The minimum atomic E-state index is -5.13. The van der Waals surface area contributed by atoms with Crippen LogP contribution in [0.2, 0.25) is 0 Å². The molecule has 4 aromatic rings. The number of anilines is 2. The van der Waals surface area contributed by atoms with Gasteiger partial charge in [-0.15, -0.1) is 0 Å². The summed E-state index contributed by atoms with van der Waals surface area (Å²) in [5.74, 6) is -0.158. The van der Waals surface area contributed by atoms with Crippen LogP contribution in [0.3, 0.4) is 0 Å². The van der Waals surface area contributed by atoms with E-state index in [0.717, 1.165) is 28.9 Å². The number of hydrogen-bond donors (Lipinski definition) is 2. The van der Waals surface area contributed by atoms with Crippen LogP contribution in [0.5, 0.6) is 0 Å². The SMILES string of the molecule is O=C(Nc1cc(C(F)(F)F)cc(C(F)(F)F)c1)Nc1cc(-c2cccnc2)nn1-c1ccc(C(F)(F)F)cc1. The summed E-state index contributed by atoms with van der Waals surface area (Å²) in [6.45, 7) is 0. The maximum Gasteiger partial charge on any atom is 0.416 e. The van der Waals surface area contributed by atoms with E-state index >= 15 is 0 Å². The van der Waals surface area contributed by atoms with Gasteiger partial charge >= 0.3 is 24.6 Å². The van der Waals surface area contributed by atoms with Gasteiger partial charge in [-0.1, -0.05) is 0 Å². The standard InChI is InChI=1S/C24H14F9N5O/c25-22(26,27)14-3-5-18(6-4-14)38-20(11-19(37-38)13-2-1-7-34-12-13)36-21(39)35-17-9-15(23(28,29)30)8-16(10-17)24(31,32)33/h1-12H,(H2,35,36,39). The molecule has 0 radical (unpaired) electrons. The third kappa shape index (κ3) is 6.48. The van der Waals surface area contributed by atoms with Crippen molar-refractivity contribution in [1.29, 1.82) is 0 Å². The van der Waals surface area contributed by atoms with Crippen LogP contribution < -0.4 is 10.6 Å². The molecule has 39 heavy (non-hydrogen) atoms. The monoisotopic (exact) mass is 559 g/mol. The summed E-state index contributed by atoms with van der Waals surface area (Å²) in [6.07, 6.45) is -12.0. The Morgan fingerprint density at radius 3 is 1.82 bits per heavy atom. The summed E-state index contributed by atoms with van der Waals surface area (Å²) >= 11 is 0. The van der Waals surface area contributed by atoms with Gasteiger partial charge in [0.1, 0.15) is 5.82 Å². The van der Waals surface area contributed by atoms with Gasteiger partial charge in [-0.05, 0) is 54.6 Å². The fourth-order valence-electron chi connectivity index (χ4n) is 3.42. The van der Waals surface area contributed by atoms with Crippen LogP contribution in [0, 0.1) is 0 Å². The van der Waals surface area contributed by atoms with Crippen molar-refractivity contribution in [2.45, 2.75) is 18.5 Å². The number of hydrogen-bond acceptors (Lipinski definition) is 3. The largest absolute Gasteiger partial charge is 0.416 e. The maximum atomic E-state index is 13.1. The third-order valence-electron chi connectivity index (χ3n) is 5.19. The highest BCUT2D eigenvalue weighted by atomic mass is 19.4. The number of rotatable bonds is 4. The van der Waals surface area contributed by atoms with Crippen LogP contribution in [0.15, 0.2) is 73.1 Å². The number of nitrogens with one attached hydrogen (secondary N) is 2. The average molecular weight is 559 g/mol. The van der Waals surface area contributed by atoms with Gasteiger partial charge < -0.3 is 5.32 Å². The topological polar surface area (TPSA) is 71.8 Å². The van der Waals surface area contributed by atoms with Gasteiger partial charge in [0.15, 0.2) is 0 Å². The zero-order valence-corrected chi connectivity index (χ0v) is 19.1. The fraction of sp³-hybridized carbons (Fsp3) is 0.125. The predicted octanol–water partition coefficient (Wildman–Crippen LogP) is 7.63. The number of halogens is 9. The van der Waals surface area contributed by atoms with E-state index in [-0.39, 0.29) is 23.3 Å². The molecular weight excluding hydrogens is 545 g/mol. The summed E-state index contributed by atoms with van der Waals surface area (Å²) in [6, 6.07) is 7.43. The van der Waals surface area contributed by atoms with Gasteiger partial charge in [-0.2, -0.15) is 44.6 Å². The Bertz CT molecular complexity index is 1440. The van der Waals surface area contributed by atoms with Crippen molar-refractivity contribution in [2.75, 3.05) is 10.6 Å². The molecule has 15 heteroatoms. The summed E-state index contributed by atoms with van der Waals surface area (Å²) in [5, 5.41) is 8.42. The number of amides is 2. The van der Waals surface area contributed by atoms with E-state index in [4.69, 9.17) is 0 Å². The quantitative estimate of drug-likeness (QED) is 0.253. The first-order chi connectivity index (χ1) is 18.1. The molecule has 0 fully saturated rings. The van der Waals surface area contributed by atoms with Crippen LogP contribution >= 0.6 is 0 Å². The highest BCUT2D eigenvalue weighted by molar-refractivity contribution is 5.99. The molecule has 0 aliphatic heterocycles. The Morgan fingerprint density at radius 1 is 0.718 bits per heavy atom. The van der Waals surface area contributed by atoms with E-state index in [9.17, 15) is 44.3 Å². The molecule has 0 unspecified atom stereocenters. The first kappa shape index (κ1) is 27.5. The average Bonchev–Trinajstić information content (AvgIpc) is 3.26. The lowest BCUT2D eigenvalue weighted by atomic mass is 10.1. The van der Waals surface area contributed by atoms with Gasteiger partial charge in [0.05, 0.1) is 28.1 Å². The number of carbonyl (C=O) groups is 1. The molecule has 2 aromatic heterocycles. The summed E-state index contributed by atoms with van der Waals surface area (Å²) in [5.41, 5.74) is -4.32. The molecule has 0 aliphatic carbocycles. The van der Waals surface area contributed by atoms with E-state index < -0.39 is 46.9 Å². The van der Waals surface area contributed by atoms with Crippen molar-refractivity contribution >= 4 is 17.5 Å². The van der Waals surface area contributed by atoms with Crippen LogP contribution in [-0.2, 0) is 18.5 Å². The minimum Gasteiger partial charge on any atom is -0.308 e. The molecule has 0 saturated heterocycles. The third-order valence-corrected chi connectivity index (χ3v) is 5.19. The second kappa shape index (κ2) is 9.96. The molecule has 0 bridgehead atoms. The highest BCUT2D eigenvalue weighted by Crippen LogP contribution is 2.38. The van der Waals surface area contributed by atoms with Gasteiger partial charge in [-0.25, -0.2) is 9.48 Å². The van der Waals surface area contributed by atoms with Crippen molar-refractivity contribution in [3.8, 4) is 16.9 Å². The molecule has 2 N–H and O–H groups in total. The van der Waals surface area contributed by atoms with E-state index in [1.54, 1.807) is 12.1 Å². The first-order valence-electron chi connectivity index (χ1n) is 10.7. The van der Waals surface area contributed by atoms with Gasteiger partial charge in [-0.3, -0.25) is 10.3 Å². The number of nitrogens with zero attached hydrogens (tertiary/aromatic N) is 3. The van der Waals surface area contributed by atoms with Crippen LogP contribution in [0.4, 0.5) is 55.8 Å². The van der Waals surface area contributed by atoms with Crippen LogP contribution in [0.1, 0.15) is 16.7 Å². The number of benzene rings is 2. The lowest BCUT2D eigenvalue weighted by molar-refractivity contribution is -0.143.